The third-order valence-electron chi connectivity index (χ3n) is 2.72. The Bertz CT molecular complexity index is 579. The van der Waals surface area contributed by atoms with Crippen LogP contribution < -0.4 is 10.5 Å². The van der Waals surface area contributed by atoms with E-state index in [1.165, 1.54) is 0 Å². The summed E-state index contributed by atoms with van der Waals surface area (Å²) in [6.45, 7) is 2.30. The molecule has 2 heteroatoms. The Kier molecular flexibility index (Phi) is 4.60. The maximum Gasteiger partial charge on any atom is 0.149 e. The summed E-state index contributed by atoms with van der Waals surface area (Å²) < 4.78 is 5.67. The van der Waals surface area contributed by atoms with Crippen LogP contribution in [0.3, 0.4) is 0 Å². The molecule has 0 heterocycles. The van der Waals surface area contributed by atoms with Gasteiger partial charge in [0.2, 0.25) is 0 Å². The van der Waals surface area contributed by atoms with Crippen molar-refractivity contribution in [3.8, 4) is 17.6 Å². The number of nitrogens with two attached hydrogens (primary N) is 1. The fourth-order valence-corrected chi connectivity index (χ4v) is 1.76. The standard InChI is InChI=1S/C17H17NO/c1-14(18)16-11-5-6-12-17(16)19-13-7-10-15-8-3-2-4-9-15/h2-6,8-9,11-12,14H,13,18H2,1H3/t14-/m0/s1. The first kappa shape index (κ1) is 13.2. The Morgan fingerprint density at radius 1 is 1.05 bits per heavy atom. The molecule has 0 saturated carbocycles. The highest BCUT2D eigenvalue weighted by atomic mass is 16.5. The van der Waals surface area contributed by atoms with Crippen molar-refractivity contribution in [2.45, 2.75) is 13.0 Å². The van der Waals surface area contributed by atoms with E-state index in [2.05, 4.69) is 11.8 Å². The van der Waals surface area contributed by atoms with Crippen molar-refractivity contribution >= 4 is 0 Å². The highest BCUT2D eigenvalue weighted by Crippen LogP contribution is 2.22. The lowest BCUT2D eigenvalue weighted by Gasteiger charge is -2.11. The third-order valence-corrected chi connectivity index (χ3v) is 2.72. The predicted molar refractivity (Wildman–Crippen MR) is 77.9 cm³/mol. The number of hydrogen-bond donors (Lipinski definition) is 1. The van der Waals surface area contributed by atoms with Gasteiger partial charge in [-0.05, 0) is 25.1 Å². The molecule has 0 aliphatic rings. The molecule has 0 unspecified atom stereocenters. The molecule has 0 aromatic heterocycles. The van der Waals surface area contributed by atoms with Gasteiger partial charge in [-0.1, -0.05) is 48.2 Å². The molecule has 2 rings (SSSR count). The van der Waals surface area contributed by atoms with Crippen LogP contribution in [0.5, 0.6) is 5.75 Å². The van der Waals surface area contributed by atoms with Crippen LogP contribution in [0.15, 0.2) is 54.6 Å². The average Bonchev–Trinajstić information content (AvgIpc) is 2.45. The second-order valence-corrected chi connectivity index (χ2v) is 4.28. The predicted octanol–water partition coefficient (Wildman–Crippen LogP) is 3.14. The van der Waals surface area contributed by atoms with Crippen LogP contribution in [-0.2, 0) is 0 Å². The SMILES string of the molecule is C[C@H](N)c1ccccc1OCC#Cc1ccccc1. The molecule has 0 bridgehead atoms. The van der Waals surface area contributed by atoms with E-state index in [0.717, 1.165) is 16.9 Å². The summed E-state index contributed by atoms with van der Waals surface area (Å²) in [6, 6.07) is 17.6. The molecule has 0 aliphatic carbocycles. The molecule has 96 valence electrons. The first-order chi connectivity index (χ1) is 9.27. The van der Waals surface area contributed by atoms with E-state index >= 15 is 0 Å². The molecular weight excluding hydrogens is 234 g/mol. The molecule has 0 radical (unpaired) electrons. The fraction of sp³-hybridized carbons (Fsp3) is 0.176. The third kappa shape index (κ3) is 3.87. The fourth-order valence-electron chi connectivity index (χ4n) is 1.76. The molecule has 0 spiro atoms. The van der Waals surface area contributed by atoms with Crippen LogP contribution >= 0.6 is 0 Å². The summed E-state index contributed by atoms with van der Waals surface area (Å²) in [5, 5.41) is 0. The maximum absolute atomic E-state index is 5.89. The zero-order chi connectivity index (χ0) is 13.5. The lowest BCUT2D eigenvalue weighted by atomic mass is 10.1. The largest absolute Gasteiger partial charge is 0.481 e. The number of benzene rings is 2. The van der Waals surface area contributed by atoms with Gasteiger partial charge in [-0.15, -0.1) is 0 Å². The Balaban J connectivity index is 1.99. The van der Waals surface area contributed by atoms with Crippen molar-refractivity contribution in [3.63, 3.8) is 0 Å². The van der Waals surface area contributed by atoms with Crippen molar-refractivity contribution in [2.75, 3.05) is 6.61 Å². The van der Waals surface area contributed by atoms with Gasteiger partial charge in [-0.3, -0.25) is 0 Å². The van der Waals surface area contributed by atoms with E-state index < -0.39 is 0 Å². The van der Waals surface area contributed by atoms with E-state index in [1.807, 2.05) is 61.5 Å². The smallest absolute Gasteiger partial charge is 0.149 e. The quantitative estimate of drug-likeness (QED) is 0.851. The van der Waals surface area contributed by atoms with Gasteiger partial charge >= 0.3 is 0 Å². The van der Waals surface area contributed by atoms with Gasteiger partial charge in [0.1, 0.15) is 12.4 Å². The summed E-state index contributed by atoms with van der Waals surface area (Å²) in [7, 11) is 0. The summed E-state index contributed by atoms with van der Waals surface area (Å²) in [6.07, 6.45) is 0. The second kappa shape index (κ2) is 6.63. The highest BCUT2D eigenvalue weighted by Gasteiger charge is 2.05. The van der Waals surface area contributed by atoms with Crippen molar-refractivity contribution in [1.29, 1.82) is 0 Å². The molecule has 2 nitrogen and oxygen atoms in total. The van der Waals surface area contributed by atoms with E-state index in [4.69, 9.17) is 10.5 Å². The summed E-state index contributed by atoms with van der Waals surface area (Å²) in [4.78, 5) is 0. The average molecular weight is 251 g/mol. The maximum atomic E-state index is 5.89. The van der Waals surface area contributed by atoms with Crippen molar-refractivity contribution < 1.29 is 4.74 Å². The van der Waals surface area contributed by atoms with E-state index in [9.17, 15) is 0 Å². The second-order valence-electron chi connectivity index (χ2n) is 4.28. The minimum atomic E-state index is -0.0433. The Labute approximate surface area is 114 Å². The van der Waals surface area contributed by atoms with Crippen molar-refractivity contribution in [2.24, 2.45) is 5.73 Å². The minimum Gasteiger partial charge on any atom is -0.481 e. The molecular formula is C17H17NO. The molecule has 2 aromatic rings. The van der Waals surface area contributed by atoms with Crippen molar-refractivity contribution in [3.05, 3.63) is 65.7 Å². The van der Waals surface area contributed by atoms with Crippen LogP contribution in [0.2, 0.25) is 0 Å². The molecule has 1 atom stereocenters. The number of rotatable bonds is 3. The Morgan fingerprint density at radius 2 is 1.74 bits per heavy atom. The normalized spacial score (nSPS) is 11.3. The van der Waals surface area contributed by atoms with Gasteiger partial charge in [-0.25, -0.2) is 0 Å². The Morgan fingerprint density at radius 3 is 2.47 bits per heavy atom. The van der Waals surface area contributed by atoms with Gasteiger partial charge < -0.3 is 10.5 Å². The molecule has 0 fully saturated rings. The molecule has 2 aromatic carbocycles. The highest BCUT2D eigenvalue weighted by molar-refractivity contribution is 5.37. The van der Waals surface area contributed by atoms with Crippen LogP contribution in [-0.4, -0.2) is 6.61 Å². The molecule has 0 aliphatic heterocycles. The Hall–Kier alpha value is -2.24. The molecule has 0 amide bonds. The zero-order valence-electron chi connectivity index (χ0n) is 11.0. The topological polar surface area (TPSA) is 35.2 Å². The first-order valence-electron chi connectivity index (χ1n) is 6.28. The van der Waals surface area contributed by atoms with E-state index in [-0.39, 0.29) is 6.04 Å². The van der Waals surface area contributed by atoms with Crippen LogP contribution in [0, 0.1) is 11.8 Å². The first-order valence-corrected chi connectivity index (χ1v) is 6.28. The lowest BCUT2D eigenvalue weighted by molar-refractivity contribution is 0.364. The monoisotopic (exact) mass is 251 g/mol. The minimum absolute atomic E-state index is 0.0433. The molecule has 0 saturated heterocycles. The summed E-state index contributed by atoms with van der Waals surface area (Å²) in [5.41, 5.74) is 7.89. The van der Waals surface area contributed by atoms with Gasteiger partial charge in [0, 0.05) is 17.2 Å². The van der Waals surface area contributed by atoms with E-state index in [0.29, 0.717) is 6.61 Å². The molecule has 19 heavy (non-hydrogen) atoms. The summed E-state index contributed by atoms with van der Waals surface area (Å²) in [5.74, 6) is 6.87. The lowest BCUT2D eigenvalue weighted by Crippen LogP contribution is -2.08. The van der Waals surface area contributed by atoms with Gasteiger partial charge in [0.15, 0.2) is 0 Å². The van der Waals surface area contributed by atoms with Crippen LogP contribution in [0.4, 0.5) is 0 Å². The zero-order valence-corrected chi connectivity index (χ0v) is 11.0. The van der Waals surface area contributed by atoms with E-state index in [1.54, 1.807) is 0 Å². The van der Waals surface area contributed by atoms with Gasteiger partial charge in [0.05, 0.1) is 0 Å². The number of hydrogen-bond acceptors (Lipinski definition) is 2. The number of ether oxygens (including phenoxy) is 1. The number of para-hydroxylation sites is 1. The molecule has 2 N–H and O–H groups in total. The van der Waals surface area contributed by atoms with Gasteiger partial charge in [0.25, 0.3) is 0 Å². The van der Waals surface area contributed by atoms with Crippen LogP contribution in [0.25, 0.3) is 0 Å². The van der Waals surface area contributed by atoms with Gasteiger partial charge in [-0.2, -0.15) is 0 Å². The van der Waals surface area contributed by atoms with Crippen LogP contribution in [0.1, 0.15) is 24.1 Å². The summed E-state index contributed by atoms with van der Waals surface area (Å²) >= 11 is 0. The van der Waals surface area contributed by atoms with Crippen molar-refractivity contribution in [1.82, 2.24) is 0 Å².